The predicted octanol–water partition coefficient (Wildman–Crippen LogP) is 5.52. The molecule has 0 N–H and O–H groups in total. The topological polar surface area (TPSA) is 49.3 Å². The van der Waals surface area contributed by atoms with E-state index in [0.717, 1.165) is 42.5 Å². The molecule has 2 heterocycles. The zero-order chi connectivity index (χ0) is 23.2. The minimum atomic E-state index is 0.125. The summed E-state index contributed by atoms with van der Waals surface area (Å²) in [7, 11) is 0. The number of benzene rings is 2. The second kappa shape index (κ2) is 10.9. The Kier molecular flexibility index (Phi) is 7.76. The van der Waals surface area contributed by atoms with Crippen molar-refractivity contribution in [3.05, 3.63) is 76.6 Å². The number of amides is 1. The molecule has 5 nitrogen and oxygen atoms in total. The number of carbonyl (C=O) groups is 1. The van der Waals surface area contributed by atoms with Crippen molar-refractivity contribution < 1.29 is 4.79 Å². The number of carbonyl (C=O) groups excluding carboxylic acids is 1. The molecule has 1 aliphatic rings. The van der Waals surface area contributed by atoms with E-state index in [1.54, 1.807) is 0 Å². The van der Waals surface area contributed by atoms with Gasteiger partial charge >= 0.3 is 0 Å². The average molecular weight is 463 g/mol. The van der Waals surface area contributed by atoms with Gasteiger partial charge in [-0.1, -0.05) is 61.7 Å². The monoisotopic (exact) mass is 462 g/mol. The Morgan fingerprint density at radius 2 is 1.76 bits per heavy atom. The van der Waals surface area contributed by atoms with Crippen LogP contribution in [0.2, 0.25) is 0 Å². The summed E-state index contributed by atoms with van der Waals surface area (Å²) in [6.45, 7) is 8.70. The first-order valence-corrected chi connectivity index (χ1v) is 12.8. The van der Waals surface area contributed by atoms with Gasteiger partial charge in [-0.25, -0.2) is 4.98 Å². The largest absolute Gasteiger partial charge is 0.343 e. The molecule has 33 heavy (non-hydrogen) atoms. The highest BCUT2D eigenvalue weighted by Crippen LogP contribution is 2.23. The van der Waals surface area contributed by atoms with Crippen LogP contribution in [0.3, 0.4) is 0 Å². The van der Waals surface area contributed by atoms with Crippen molar-refractivity contribution in [3.8, 4) is 0 Å². The second-order valence-corrected chi connectivity index (χ2v) is 9.83. The molecule has 1 amide bonds. The molecule has 1 aromatic heterocycles. The quantitative estimate of drug-likeness (QED) is 0.414. The lowest BCUT2D eigenvalue weighted by Gasteiger charge is -2.39. The number of aryl methyl sites for hydroxylation is 2. The van der Waals surface area contributed by atoms with Crippen LogP contribution in [0.4, 0.5) is 5.13 Å². The summed E-state index contributed by atoms with van der Waals surface area (Å²) in [5.74, 6) is 0.989. The van der Waals surface area contributed by atoms with Crippen molar-refractivity contribution in [1.82, 2.24) is 14.3 Å². The van der Waals surface area contributed by atoms with E-state index in [9.17, 15) is 4.79 Å². The molecule has 1 aliphatic heterocycles. The van der Waals surface area contributed by atoms with E-state index in [4.69, 9.17) is 4.98 Å². The smallest absolute Gasteiger partial charge is 0.254 e. The summed E-state index contributed by atoms with van der Waals surface area (Å²) in [5, 5.41) is 0.951. The van der Waals surface area contributed by atoms with Gasteiger partial charge in [0.25, 0.3) is 5.91 Å². The van der Waals surface area contributed by atoms with Crippen molar-refractivity contribution in [2.24, 2.45) is 0 Å². The summed E-state index contributed by atoms with van der Waals surface area (Å²) in [5.41, 5.74) is 4.58. The van der Waals surface area contributed by atoms with Crippen molar-refractivity contribution in [3.63, 3.8) is 0 Å². The fourth-order valence-electron chi connectivity index (χ4n) is 4.33. The van der Waals surface area contributed by atoms with E-state index >= 15 is 0 Å². The van der Waals surface area contributed by atoms with Gasteiger partial charge in [0.15, 0.2) is 0 Å². The van der Waals surface area contributed by atoms with Gasteiger partial charge in [0, 0.05) is 49.2 Å². The number of unbranched alkanes of at least 4 members (excludes halogenated alkanes) is 2. The molecular formula is C27H34N4OS. The molecule has 1 fully saturated rings. The van der Waals surface area contributed by atoms with Crippen LogP contribution in [0.25, 0.3) is 0 Å². The van der Waals surface area contributed by atoms with Gasteiger partial charge in [-0.2, -0.15) is 4.37 Å². The van der Waals surface area contributed by atoms with E-state index in [1.807, 2.05) is 17.0 Å². The summed E-state index contributed by atoms with van der Waals surface area (Å²) < 4.78 is 4.58. The first-order chi connectivity index (χ1) is 16.0. The highest BCUT2D eigenvalue weighted by atomic mass is 32.1. The van der Waals surface area contributed by atoms with Crippen LogP contribution in [0.1, 0.15) is 66.0 Å². The van der Waals surface area contributed by atoms with Crippen LogP contribution in [0, 0.1) is 6.92 Å². The lowest BCUT2D eigenvalue weighted by molar-refractivity contribution is 0.0674. The number of nitrogens with zero attached hydrogens (tertiary/aromatic N) is 4. The molecule has 1 atom stereocenters. The molecule has 0 aliphatic carbocycles. The van der Waals surface area contributed by atoms with Gasteiger partial charge in [0.1, 0.15) is 5.82 Å². The van der Waals surface area contributed by atoms with Gasteiger partial charge < -0.3 is 9.80 Å². The third-order valence-electron chi connectivity index (χ3n) is 6.37. The first kappa shape index (κ1) is 23.4. The first-order valence-electron chi connectivity index (χ1n) is 12.1. The van der Waals surface area contributed by atoms with Crippen LogP contribution < -0.4 is 4.90 Å². The minimum absolute atomic E-state index is 0.125. The number of aromatic nitrogens is 2. The Balaban J connectivity index is 1.33. The zero-order valence-electron chi connectivity index (χ0n) is 20.0. The van der Waals surface area contributed by atoms with Crippen LogP contribution in [0.15, 0.2) is 48.5 Å². The molecule has 0 spiro atoms. The molecule has 0 bridgehead atoms. The molecule has 0 radical (unpaired) electrons. The van der Waals surface area contributed by atoms with Gasteiger partial charge in [-0.05, 0) is 49.9 Å². The normalized spacial score (nSPS) is 16.3. The molecule has 3 aromatic rings. The van der Waals surface area contributed by atoms with Crippen molar-refractivity contribution >= 4 is 22.6 Å². The van der Waals surface area contributed by atoms with Gasteiger partial charge in [0.05, 0.1) is 0 Å². The Hall–Kier alpha value is -2.73. The van der Waals surface area contributed by atoms with Crippen molar-refractivity contribution in [2.45, 2.75) is 58.9 Å². The van der Waals surface area contributed by atoms with Gasteiger partial charge in [-0.15, -0.1) is 0 Å². The second-order valence-electron chi connectivity index (χ2n) is 9.10. The summed E-state index contributed by atoms with van der Waals surface area (Å²) in [6, 6.07) is 16.9. The third-order valence-corrected chi connectivity index (χ3v) is 7.18. The molecule has 174 valence electrons. The molecule has 2 aromatic carbocycles. The fourth-order valence-corrected chi connectivity index (χ4v) is 5.05. The number of rotatable bonds is 8. The summed E-state index contributed by atoms with van der Waals surface area (Å²) in [4.78, 5) is 22.2. The minimum Gasteiger partial charge on any atom is -0.343 e. The SMILES string of the molecule is CCCCCc1ccc(C(=O)N2CCN(c3nc(Cc4ccc(C)cc4)ns3)CC2C)cc1. The van der Waals surface area contributed by atoms with E-state index in [0.29, 0.717) is 6.54 Å². The third kappa shape index (κ3) is 5.99. The Morgan fingerprint density at radius 3 is 2.45 bits per heavy atom. The Labute approximate surface area is 201 Å². The number of hydrogen-bond donors (Lipinski definition) is 0. The van der Waals surface area contributed by atoms with E-state index in [2.05, 4.69) is 66.4 Å². The van der Waals surface area contributed by atoms with Crippen LogP contribution in [-0.2, 0) is 12.8 Å². The maximum absolute atomic E-state index is 13.1. The van der Waals surface area contributed by atoms with Gasteiger partial charge in [0.2, 0.25) is 5.13 Å². The fraction of sp³-hybridized carbons (Fsp3) is 0.444. The van der Waals surface area contributed by atoms with Crippen molar-refractivity contribution in [2.75, 3.05) is 24.5 Å². The molecule has 0 saturated carbocycles. The van der Waals surface area contributed by atoms with Crippen LogP contribution in [-0.4, -0.2) is 45.8 Å². The van der Waals surface area contributed by atoms with E-state index < -0.39 is 0 Å². The van der Waals surface area contributed by atoms with E-state index in [1.165, 1.54) is 47.5 Å². The standard InChI is InChI=1S/C27H34N4OS/c1-4-5-6-7-22-12-14-24(15-13-22)26(32)31-17-16-30(19-21(31)3)27-28-25(29-33-27)18-23-10-8-20(2)9-11-23/h8-15,21H,4-7,16-19H2,1-3H3. The maximum Gasteiger partial charge on any atom is 0.254 e. The molecule has 4 rings (SSSR count). The summed E-state index contributed by atoms with van der Waals surface area (Å²) >= 11 is 1.46. The molecule has 1 unspecified atom stereocenters. The van der Waals surface area contributed by atoms with Gasteiger partial charge in [-0.3, -0.25) is 4.79 Å². The lowest BCUT2D eigenvalue weighted by Crippen LogP contribution is -2.54. The maximum atomic E-state index is 13.1. The molecule has 1 saturated heterocycles. The number of hydrogen-bond acceptors (Lipinski definition) is 5. The van der Waals surface area contributed by atoms with Crippen LogP contribution in [0.5, 0.6) is 0 Å². The lowest BCUT2D eigenvalue weighted by atomic mass is 10.0. The van der Waals surface area contributed by atoms with Crippen molar-refractivity contribution in [1.29, 1.82) is 0 Å². The zero-order valence-corrected chi connectivity index (χ0v) is 20.8. The molecular weight excluding hydrogens is 428 g/mol. The Morgan fingerprint density at radius 1 is 1.03 bits per heavy atom. The number of piperazine rings is 1. The summed E-state index contributed by atoms with van der Waals surface area (Å²) in [6.07, 6.45) is 5.53. The predicted molar refractivity (Wildman–Crippen MR) is 136 cm³/mol. The Bertz CT molecular complexity index is 1040. The van der Waals surface area contributed by atoms with Crippen LogP contribution >= 0.6 is 11.5 Å². The highest BCUT2D eigenvalue weighted by molar-refractivity contribution is 7.09. The highest BCUT2D eigenvalue weighted by Gasteiger charge is 2.29. The molecule has 6 heteroatoms. The number of anilines is 1. The average Bonchev–Trinajstić information content (AvgIpc) is 3.29. The van der Waals surface area contributed by atoms with E-state index in [-0.39, 0.29) is 11.9 Å².